The van der Waals surface area contributed by atoms with E-state index in [2.05, 4.69) is 25.7 Å². The monoisotopic (exact) mass is 292 g/mol. The van der Waals surface area contributed by atoms with Crippen LogP contribution in [0.2, 0.25) is 0 Å². The number of para-hydroxylation sites is 1. The van der Waals surface area contributed by atoms with Crippen LogP contribution in [0.25, 0.3) is 0 Å². The van der Waals surface area contributed by atoms with E-state index in [4.69, 9.17) is 15.2 Å². The summed E-state index contributed by atoms with van der Waals surface area (Å²) in [5.74, 6) is 0.913. The van der Waals surface area contributed by atoms with Gasteiger partial charge in [-0.3, -0.25) is 4.90 Å². The van der Waals surface area contributed by atoms with Gasteiger partial charge in [-0.05, 0) is 33.3 Å². The molecule has 1 fully saturated rings. The summed E-state index contributed by atoms with van der Waals surface area (Å²) in [4.78, 5) is 2.46. The van der Waals surface area contributed by atoms with Crippen molar-refractivity contribution in [2.45, 2.75) is 45.4 Å². The molecule has 4 heteroatoms. The van der Waals surface area contributed by atoms with E-state index in [9.17, 15) is 0 Å². The molecular formula is C17H28N2O2. The summed E-state index contributed by atoms with van der Waals surface area (Å²) >= 11 is 0. The van der Waals surface area contributed by atoms with Gasteiger partial charge in [0.05, 0.1) is 18.3 Å². The van der Waals surface area contributed by atoms with Crippen molar-refractivity contribution in [3.8, 4) is 5.75 Å². The molecule has 0 radical (unpaired) electrons. The highest BCUT2D eigenvalue weighted by Crippen LogP contribution is 2.21. The van der Waals surface area contributed by atoms with Gasteiger partial charge in [0, 0.05) is 31.7 Å². The minimum absolute atomic E-state index is 0.0509. The second kappa shape index (κ2) is 7.25. The summed E-state index contributed by atoms with van der Waals surface area (Å²) in [6.07, 6.45) is 1.31. The highest BCUT2D eigenvalue weighted by atomic mass is 16.5. The van der Waals surface area contributed by atoms with Crippen LogP contribution in [0.4, 0.5) is 0 Å². The average Bonchev–Trinajstić information content (AvgIpc) is 2.42. The summed E-state index contributed by atoms with van der Waals surface area (Å²) in [6, 6.07) is 7.98. The summed E-state index contributed by atoms with van der Waals surface area (Å²) in [5.41, 5.74) is 6.73. The molecule has 1 aromatic rings. The quantitative estimate of drug-likeness (QED) is 0.818. The lowest BCUT2D eigenvalue weighted by Gasteiger charge is -2.41. The van der Waals surface area contributed by atoms with E-state index in [0.29, 0.717) is 12.6 Å². The average molecular weight is 292 g/mol. The molecule has 4 nitrogen and oxygen atoms in total. The van der Waals surface area contributed by atoms with Crippen LogP contribution in [0, 0.1) is 0 Å². The highest BCUT2D eigenvalue weighted by molar-refractivity contribution is 5.32. The number of benzene rings is 1. The fourth-order valence-electron chi connectivity index (χ4n) is 3.04. The Morgan fingerprint density at radius 1 is 1.38 bits per heavy atom. The molecule has 1 saturated heterocycles. The molecule has 1 aromatic carbocycles. The van der Waals surface area contributed by atoms with Gasteiger partial charge in [-0.2, -0.15) is 0 Å². The fourth-order valence-corrected chi connectivity index (χ4v) is 3.04. The Kier molecular flexibility index (Phi) is 5.62. The summed E-state index contributed by atoms with van der Waals surface area (Å²) in [5, 5.41) is 0. The Labute approximate surface area is 128 Å². The molecule has 0 aliphatic carbocycles. The van der Waals surface area contributed by atoms with Crippen LogP contribution in [0.15, 0.2) is 24.3 Å². The maximum absolute atomic E-state index is 5.92. The molecule has 1 unspecified atom stereocenters. The number of ether oxygens (including phenoxy) is 2. The summed E-state index contributed by atoms with van der Waals surface area (Å²) < 4.78 is 11.8. The summed E-state index contributed by atoms with van der Waals surface area (Å²) in [7, 11) is 0. The number of hydrogen-bond donors (Lipinski definition) is 1. The van der Waals surface area contributed by atoms with Crippen molar-refractivity contribution in [1.82, 2.24) is 4.90 Å². The second-order valence-corrected chi connectivity index (χ2v) is 6.44. The van der Waals surface area contributed by atoms with Crippen molar-refractivity contribution in [3.63, 3.8) is 0 Å². The second-order valence-electron chi connectivity index (χ2n) is 6.44. The van der Waals surface area contributed by atoms with E-state index in [1.165, 1.54) is 0 Å². The predicted octanol–water partition coefficient (Wildman–Crippen LogP) is 2.41. The van der Waals surface area contributed by atoms with E-state index in [1.807, 2.05) is 24.3 Å². The Morgan fingerprint density at radius 2 is 2.14 bits per heavy atom. The molecule has 21 heavy (non-hydrogen) atoms. The third kappa shape index (κ3) is 4.99. The number of hydrogen-bond acceptors (Lipinski definition) is 4. The van der Waals surface area contributed by atoms with Gasteiger partial charge < -0.3 is 15.2 Å². The van der Waals surface area contributed by atoms with Crippen molar-refractivity contribution in [1.29, 1.82) is 0 Å². The molecule has 0 amide bonds. The molecule has 1 aliphatic heterocycles. The zero-order chi connectivity index (χ0) is 15.3. The molecule has 0 bridgehead atoms. The minimum Gasteiger partial charge on any atom is -0.493 e. The van der Waals surface area contributed by atoms with E-state index in [0.717, 1.165) is 44.0 Å². The Morgan fingerprint density at radius 3 is 2.86 bits per heavy atom. The zero-order valence-electron chi connectivity index (χ0n) is 13.5. The van der Waals surface area contributed by atoms with Crippen LogP contribution in [0.3, 0.4) is 0 Å². The highest BCUT2D eigenvalue weighted by Gasteiger charge is 2.30. The first-order valence-electron chi connectivity index (χ1n) is 7.81. The maximum Gasteiger partial charge on any atom is 0.123 e. The first-order chi connectivity index (χ1) is 10.00. The van der Waals surface area contributed by atoms with Crippen molar-refractivity contribution in [2.24, 2.45) is 5.73 Å². The molecular weight excluding hydrogens is 264 g/mol. The lowest BCUT2D eigenvalue weighted by atomic mass is 10.1. The lowest BCUT2D eigenvalue weighted by Crippen LogP contribution is -2.52. The van der Waals surface area contributed by atoms with Crippen molar-refractivity contribution in [3.05, 3.63) is 29.8 Å². The first kappa shape index (κ1) is 16.3. The molecule has 1 heterocycles. The Hall–Kier alpha value is -1.10. The third-order valence-electron chi connectivity index (χ3n) is 3.71. The number of rotatable bonds is 6. The number of nitrogens with two attached hydrogens (primary N) is 1. The molecule has 1 atom stereocenters. The smallest absolute Gasteiger partial charge is 0.123 e. The topological polar surface area (TPSA) is 47.7 Å². The molecule has 118 valence electrons. The van der Waals surface area contributed by atoms with Crippen LogP contribution in [0.5, 0.6) is 5.75 Å². The minimum atomic E-state index is -0.0509. The molecule has 0 aromatic heterocycles. The van der Waals surface area contributed by atoms with Gasteiger partial charge in [-0.1, -0.05) is 18.2 Å². The number of nitrogens with zero attached hydrogens (tertiary/aromatic N) is 1. The third-order valence-corrected chi connectivity index (χ3v) is 3.71. The largest absolute Gasteiger partial charge is 0.493 e. The Bertz CT molecular complexity index is 448. The Balaban J connectivity index is 1.74. The van der Waals surface area contributed by atoms with Crippen molar-refractivity contribution in [2.75, 3.05) is 26.2 Å². The maximum atomic E-state index is 5.92. The van der Waals surface area contributed by atoms with Gasteiger partial charge in [0.2, 0.25) is 0 Å². The van der Waals surface area contributed by atoms with E-state index in [-0.39, 0.29) is 5.60 Å². The molecule has 0 saturated carbocycles. The van der Waals surface area contributed by atoms with E-state index >= 15 is 0 Å². The molecule has 2 N–H and O–H groups in total. The predicted molar refractivity (Wildman–Crippen MR) is 85.5 cm³/mol. The van der Waals surface area contributed by atoms with Gasteiger partial charge in [0.25, 0.3) is 0 Å². The first-order valence-corrected chi connectivity index (χ1v) is 7.81. The standard InChI is InChI=1S/C17H28N2O2/c1-14-12-19(13-17(2,3)21-14)9-6-10-20-16-8-5-4-7-15(16)11-18/h4-5,7-8,14H,6,9-13,18H2,1-3H3. The number of morpholine rings is 1. The van der Waals surface area contributed by atoms with Gasteiger partial charge in [-0.15, -0.1) is 0 Å². The summed E-state index contributed by atoms with van der Waals surface area (Å²) in [6.45, 7) is 10.7. The van der Waals surface area contributed by atoms with Crippen LogP contribution >= 0.6 is 0 Å². The van der Waals surface area contributed by atoms with Crippen LogP contribution in [-0.4, -0.2) is 42.8 Å². The molecule has 2 rings (SSSR count). The van der Waals surface area contributed by atoms with Gasteiger partial charge in [0.1, 0.15) is 5.75 Å². The van der Waals surface area contributed by atoms with Crippen LogP contribution < -0.4 is 10.5 Å². The molecule has 0 spiro atoms. The van der Waals surface area contributed by atoms with Crippen molar-refractivity contribution >= 4 is 0 Å². The van der Waals surface area contributed by atoms with Gasteiger partial charge in [-0.25, -0.2) is 0 Å². The fraction of sp³-hybridized carbons (Fsp3) is 0.647. The van der Waals surface area contributed by atoms with Gasteiger partial charge in [0.15, 0.2) is 0 Å². The zero-order valence-corrected chi connectivity index (χ0v) is 13.5. The van der Waals surface area contributed by atoms with Crippen molar-refractivity contribution < 1.29 is 9.47 Å². The van der Waals surface area contributed by atoms with Crippen LogP contribution in [-0.2, 0) is 11.3 Å². The lowest BCUT2D eigenvalue weighted by molar-refractivity contribution is -0.129. The van der Waals surface area contributed by atoms with E-state index < -0.39 is 0 Å². The van der Waals surface area contributed by atoms with E-state index in [1.54, 1.807) is 0 Å². The SMILES string of the molecule is CC1CN(CCCOc2ccccc2CN)CC(C)(C)O1. The molecule has 1 aliphatic rings. The normalized spacial score (nSPS) is 22.2. The van der Waals surface area contributed by atoms with Gasteiger partial charge >= 0.3 is 0 Å². The van der Waals surface area contributed by atoms with Crippen LogP contribution in [0.1, 0.15) is 32.8 Å².